The highest BCUT2D eigenvalue weighted by molar-refractivity contribution is 5.92. The molecule has 1 aliphatic heterocycles. The number of benzene rings is 1. The second kappa shape index (κ2) is 8.15. The molecular formula is C21H21N7O3. The van der Waals surface area contributed by atoms with Crippen LogP contribution in [-0.2, 0) is 9.47 Å². The molecule has 0 unspecified atom stereocenters. The van der Waals surface area contributed by atoms with Crippen LogP contribution in [-0.4, -0.2) is 56.2 Å². The van der Waals surface area contributed by atoms with Crippen molar-refractivity contribution in [3.63, 3.8) is 0 Å². The normalized spacial score (nSPS) is 14.6. The molecule has 0 spiro atoms. The fourth-order valence-electron chi connectivity index (χ4n) is 3.65. The second-order valence-corrected chi connectivity index (χ2v) is 7.28. The number of anilines is 2. The van der Waals surface area contributed by atoms with Gasteiger partial charge in [-0.05, 0) is 25.0 Å². The predicted octanol–water partition coefficient (Wildman–Crippen LogP) is 3.10. The molecule has 0 radical (unpaired) electrons. The van der Waals surface area contributed by atoms with E-state index in [0.717, 1.165) is 31.7 Å². The lowest BCUT2D eigenvalue weighted by Crippen LogP contribution is -2.19. The van der Waals surface area contributed by atoms with Gasteiger partial charge in [-0.2, -0.15) is 10.2 Å². The highest BCUT2D eigenvalue weighted by Gasteiger charge is 2.18. The summed E-state index contributed by atoms with van der Waals surface area (Å²) in [6, 6.07) is 7.35. The minimum Gasteiger partial charge on any atom is -0.465 e. The molecule has 3 aromatic heterocycles. The van der Waals surface area contributed by atoms with E-state index in [1.54, 1.807) is 30.6 Å². The van der Waals surface area contributed by atoms with Crippen molar-refractivity contribution in [2.45, 2.75) is 18.9 Å². The Kier molecular flexibility index (Phi) is 5.04. The molecule has 0 atom stereocenters. The van der Waals surface area contributed by atoms with Gasteiger partial charge < -0.3 is 14.8 Å². The zero-order valence-corrected chi connectivity index (χ0v) is 16.9. The number of carbonyl (C=O) groups is 1. The maximum atomic E-state index is 11.9. The van der Waals surface area contributed by atoms with Gasteiger partial charge in [-0.15, -0.1) is 0 Å². The third kappa shape index (κ3) is 3.84. The van der Waals surface area contributed by atoms with Crippen LogP contribution in [0.1, 0.15) is 29.2 Å². The first-order valence-electron chi connectivity index (χ1n) is 10.00. The minimum atomic E-state index is -0.412. The first-order valence-corrected chi connectivity index (χ1v) is 10.00. The molecule has 31 heavy (non-hydrogen) atoms. The van der Waals surface area contributed by atoms with Crippen LogP contribution in [0.4, 0.5) is 11.5 Å². The summed E-state index contributed by atoms with van der Waals surface area (Å²) in [6.07, 6.45) is 7.27. The molecule has 1 aliphatic rings. The SMILES string of the molecule is COC(=O)c1cccc(-c2nc(Nc3cnn(C4CCOCC4)c3)c3[nH]ncc3n2)c1. The van der Waals surface area contributed by atoms with Crippen LogP contribution in [0.5, 0.6) is 0 Å². The van der Waals surface area contributed by atoms with E-state index in [9.17, 15) is 4.79 Å². The Balaban J connectivity index is 1.48. The summed E-state index contributed by atoms with van der Waals surface area (Å²) < 4.78 is 12.2. The van der Waals surface area contributed by atoms with Gasteiger partial charge in [0.1, 0.15) is 11.0 Å². The molecule has 4 aromatic rings. The van der Waals surface area contributed by atoms with Gasteiger partial charge in [-0.25, -0.2) is 14.8 Å². The number of esters is 1. The number of fused-ring (bicyclic) bond motifs is 1. The zero-order chi connectivity index (χ0) is 21.2. The van der Waals surface area contributed by atoms with Crippen molar-refractivity contribution in [3.8, 4) is 11.4 Å². The van der Waals surface area contributed by atoms with Crippen molar-refractivity contribution in [1.29, 1.82) is 0 Å². The molecule has 10 nitrogen and oxygen atoms in total. The summed E-state index contributed by atoms with van der Waals surface area (Å²) >= 11 is 0. The number of aromatic nitrogens is 6. The molecule has 0 saturated carbocycles. The smallest absolute Gasteiger partial charge is 0.337 e. The molecule has 0 aliphatic carbocycles. The molecule has 2 N–H and O–H groups in total. The summed E-state index contributed by atoms with van der Waals surface area (Å²) in [5, 5.41) is 14.9. The van der Waals surface area contributed by atoms with E-state index in [0.29, 0.717) is 39.8 Å². The summed E-state index contributed by atoms with van der Waals surface area (Å²) in [6.45, 7) is 1.50. The van der Waals surface area contributed by atoms with Crippen molar-refractivity contribution in [1.82, 2.24) is 29.9 Å². The number of ether oxygens (including phenoxy) is 2. The summed E-state index contributed by atoms with van der Waals surface area (Å²) in [7, 11) is 1.35. The first-order chi connectivity index (χ1) is 15.2. The molecule has 0 bridgehead atoms. The van der Waals surface area contributed by atoms with Gasteiger partial charge in [0.05, 0.1) is 36.8 Å². The summed E-state index contributed by atoms with van der Waals surface area (Å²) in [5.41, 5.74) is 3.30. The van der Waals surface area contributed by atoms with Crippen LogP contribution in [0.25, 0.3) is 22.4 Å². The van der Waals surface area contributed by atoms with Gasteiger partial charge in [0, 0.05) is 25.0 Å². The van der Waals surface area contributed by atoms with E-state index in [2.05, 4.69) is 30.6 Å². The number of aromatic amines is 1. The molecular weight excluding hydrogens is 398 g/mol. The van der Waals surface area contributed by atoms with Crippen LogP contribution in [0.15, 0.2) is 42.9 Å². The number of rotatable bonds is 5. The number of H-pyrrole nitrogens is 1. The largest absolute Gasteiger partial charge is 0.465 e. The van der Waals surface area contributed by atoms with Crippen molar-refractivity contribution < 1.29 is 14.3 Å². The van der Waals surface area contributed by atoms with Crippen LogP contribution < -0.4 is 5.32 Å². The Morgan fingerprint density at radius 3 is 2.97 bits per heavy atom. The lowest BCUT2D eigenvalue weighted by molar-refractivity contribution is 0.0600. The number of methoxy groups -OCH3 is 1. The van der Waals surface area contributed by atoms with Crippen LogP contribution in [0.2, 0.25) is 0 Å². The van der Waals surface area contributed by atoms with Crippen molar-refractivity contribution >= 4 is 28.5 Å². The number of nitrogens with one attached hydrogen (secondary N) is 2. The Labute approximate surface area is 177 Å². The fourth-order valence-corrected chi connectivity index (χ4v) is 3.65. The third-order valence-corrected chi connectivity index (χ3v) is 5.27. The standard InChI is InChI=1S/C21H21N7O3/c1-30-21(29)14-4-2-3-13(9-14)19-25-17-11-22-27-18(17)20(26-19)24-15-10-23-28(12-15)16-5-7-31-8-6-16/h2-4,9-12,16H,5-8H2,1H3,(H,22,27)(H,24,25,26). The van der Waals surface area contributed by atoms with E-state index < -0.39 is 5.97 Å². The summed E-state index contributed by atoms with van der Waals surface area (Å²) in [4.78, 5) is 21.2. The van der Waals surface area contributed by atoms with Crippen molar-refractivity contribution in [3.05, 3.63) is 48.4 Å². The first kappa shape index (κ1) is 19.2. The molecule has 4 heterocycles. The Hall–Kier alpha value is -3.79. The maximum absolute atomic E-state index is 11.9. The molecule has 5 rings (SSSR count). The molecule has 1 fully saturated rings. The number of carbonyl (C=O) groups excluding carboxylic acids is 1. The number of hydrogen-bond donors (Lipinski definition) is 2. The maximum Gasteiger partial charge on any atom is 0.337 e. The van der Waals surface area contributed by atoms with Crippen LogP contribution >= 0.6 is 0 Å². The molecule has 10 heteroatoms. The summed E-state index contributed by atoms with van der Waals surface area (Å²) in [5.74, 6) is 0.636. The van der Waals surface area contributed by atoms with E-state index in [1.807, 2.05) is 16.9 Å². The minimum absolute atomic E-state index is 0.332. The van der Waals surface area contributed by atoms with E-state index in [-0.39, 0.29) is 0 Å². The zero-order valence-electron chi connectivity index (χ0n) is 16.9. The Bertz CT molecular complexity index is 1230. The topological polar surface area (TPSA) is 120 Å². The van der Waals surface area contributed by atoms with Gasteiger partial charge in [-0.3, -0.25) is 9.78 Å². The van der Waals surface area contributed by atoms with Crippen molar-refractivity contribution in [2.75, 3.05) is 25.6 Å². The highest BCUT2D eigenvalue weighted by atomic mass is 16.5. The molecule has 158 valence electrons. The van der Waals surface area contributed by atoms with E-state index in [4.69, 9.17) is 9.47 Å². The predicted molar refractivity (Wildman–Crippen MR) is 113 cm³/mol. The Morgan fingerprint density at radius 1 is 1.26 bits per heavy atom. The van der Waals surface area contributed by atoms with Gasteiger partial charge in [0.15, 0.2) is 11.6 Å². The van der Waals surface area contributed by atoms with Gasteiger partial charge in [0.25, 0.3) is 0 Å². The lowest BCUT2D eigenvalue weighted by Gasteiger charge is -2.22. The van der Waals surface area contributed by atoms with Gasteiger partial charge >= 0.3 is 5.97 Å². The van der Waals surface area contributed by atoms with Crippen LogP contribution in [0, 0.1) is 0 Å². The number of nitrogens with zero attached hydrogens (tertiary/aromatic N) is 5. The molecule has 1 aromatic carbocycles. The molecule has 1 saturated heterocycles. The average Bonchev–Trinajstić information content (AvgIpc) is 3.49. The van der Waals surface area contributed by atoms with E-state index >= 15 is 0 Å². The third-order valence-electron chi connectivity index (χ3n) is 5.27. The van der Waals surface area contributed by atoms with Crippen molar-refractivity contribution in [2.24, 2.45) is 0 Å². The number of hydrogen-bond acceptors (Lipinski definition) is 8. The van der Waals surface area contributed by atoms with Crippen LogP contribution in [0.3, 0.4) is 0 Å². The quantitative estimate of drug-likeness (QED) is 0.474. The fraction of sp³-hybridized carbons (Fsp3) is 0.286. The monoisotopic (exact) mass is 419 g/mol. The highest BCUT2D eigenvalue weighted by Crippen LogP contribution is 2.27. The Morgan fingerprint density at radius 2 is 2.13 bits per heavy atom. The second-order valence-electron chi connectivity index (χ2n) is 7.28. The molecule has 0 amide bonds. The lowest BCUT2D eigenvalue weighted by atomic mass is 10.1. The van der Waals surface area contributed by atoms with Gasteiger partial charge in [0.2, 0.25) is 0 Å². The average molecular weight is 419 g/mol. The van der Waals surface area contributed by atoms with E-state index in [1.165, 1.54) is 7.11 Å². The van der Waals surface area contributed by atoms with Gasteiger partial charge in [-0.1, -0.05) is 12.1 Å².